The van der Waals surface area contributed by atoms with E-state index in [9.17, 15) is 13.2 Å². The molecule has 0 saturated carbocycles. The maximum Gasteiger partial charge on any atom is 0.485 e. The van der Waals surface area contributed by atoms with Crippen molar-refractivity contribution in [1.29, 1.82) is 0 Å². The van der Waals surface area contributed by atoms with Crippen LogP contribution < -0.4 is 4.17 Å². The predicted molar refractivity (Wildman–Crippen MR) is 154 cm³/mol. The van der Waals surface area contributed by atoms with Gasteiger partial charge in [0, 0.05) is 0 Å². The lowest BCUT2D eigenvalue weighted by molar-refractivity contribution is -0.0517. The quantitative estimate of drug-likeness (QED) is 0.0368. The topological polar surface area (TPSA) is 71.3 Å². The number of rotatable bonds is 24. The molecule has 4 nitrogen and oxygen atoms in total. The van der Waals surface area contributed by atoms with E-state index in [0.29, 0.717) is 0 Å². The molecule has 0 aliphatic heterocycles. The number of hydrogen-bond acceptors (Lipinski definition) is 3. The summed E-state index contributed by atoms with van der Waals surface area (Å²) in [5, 5.41) is 0. The normalized spacial score (nSPS) is 11.9. The summed E-state index contributed by atoms with van der Waals surface area (Å²) in [6, 6.07) is 0. The molecular formula is C27H54F3NO3P2S. The lowest BCUT2D eigenvalue weighted by atomic mass is 10.1. The highest BCUT2D eigenvalue weighted by molar-refractivity contribution is 7.86. The van der Waals surface area contributed by atoms with Crippen molar-refractivity contribution in [3.8, 4) is 0 Å². The van der Waals surface area contributed by atoms with Crippen molar-refractivity contribution in [3.05, 3.63) is 0 Å². The van der Waals surface area contributed by atoms with Crippen molar-refractivity contribution >= 4 is 26.9 Å². The van der Waals surface area contributed by atoms with E-state index in [2.05, 4.69) is 18.0 Å². The first-order chi connectivity index (χ1) is 17.7. The molecule has 0 aliphatic rings. The second kappa shape index (κ2) is 29.0. The molecule has 0 fully saturated rings. The summed E-state index contributed by atoms with van der Waals surface area (Å²) in [5.74, 6) is 0. The Morgan fingerprint density at radius 2 is 0.757 bits per heavy atom. The Morgan fingerprint density at radius 3 is 0.973 bits per heavy atom. The van der Waals surface area contributed by atoms with Crippen LogP contribution in [0.1, 0.15) is 155 Å². The van der Waals surface area contributed by atoms with E-state index in [4.69, 9.17) is 13.0 Å². The van der Waals surface area contributed by atoms with Gasteiger partial charge in [-0.25, -0.2) is 8.42 Å². The highest BCUT2D eigenvalue weighted by Gasteiger charge is 2.36. The van der Waals surface area contributed by atoms with Gasteiger partial charge in [0.2, 0.25) is 0 Å². The number of halogens is 3. The molecule has 0 bridgehead atoms. The fourth-order valence-corrected chi connectivity index (χ4v) is 5.63. The number of nitrogens with zero attached hydrogens (tertiary/aromatic N) is 1. The zero-order valence-electron chi connectivity index (χ0n) is 23.6. The monoisotopic (exact) mass is 591 g/mol. The first-order valence-electron chi connectivity index (χ1n) is 14.7. The Balaban J connectivity index is 0. The van der Waals surface area contributed by atoms with E-state index in [0.717, 1.165) is 0 Å². The van der Waals surface area contributed by atoms with E-state index in [-0.39, 0.29) is 0 Å². The summed E-state index contributed by atoms with van der Waals surface area (Å²) < 4.78 is 63.6. The Bertz CT molecular complexity index is 611. The molecule has 37 heavy (non-hydrogen) atoms. The molecule has 0 aliphatic carbocycles. The molecule has 0 rings (SSSR count). The molecule has 0 atom stereocenters. The smallest absolute Gasteiger partial charge is 0.485 e. The highest BCUT2D eigenvalue weighted by atomic mass is 32.2. The minimum absolute atomic E-state index is 1.29. The van der Waals surface area contributed by atoms with E-state index in [1.54, 1.807) is 0 Å². The van der Waals surface area contributed by atoms with Crippen LogP contribution in [0.2, 0.25) is 0 Å². The van der Waals surface area contributed by atoms with Crippen LogP contribution in [-0.4, -0.2) is 30.8 Å². The van der Waals surface area contributed by atoms with E-state index >= 15 is 0 Å². The van der Waals surface area contributed by atoms with Gasteiger partial charge >= 0.3 is 22.3 Å². The summed E-state index contributed by atoms with van der Waals surface area (Å²) >= 11 is 0. The van der Waals surface area contributed by atoms with E-state index < -0.39 is 15.6 Å². The summed E-state index contributed by atoms with van der Waals surface area (Å²) in [7, 11) is -3.39. The number of hydrogen-bond donors (Lipinski definition) is 0. The molecule has 0 N–H and O–H groups in total. The van der Waals surface area contributed by atoms with Crippen LogP contribution in [0.25, 0.3) is 0 Å². The maximum atomic E-state index is 10.7. The highest BCUT2D eigenvalue weighted by Crippen LogP contribution is 2.20. The van der Waals surface area contributed by atoms with Gasteiger partial charge in [-0.3, -0.25) is 0 Å². The Labute approximate surface area is 229 Å². The van der Waals surface area contributed by atoms with Gasteiger partial charge in [0.15, 0.2) is 10.1 Å². The Hall–Kier alpha value is 0.01000. The fourth-order valence-electron chi connectivity index (χ4n) is 3.83. The van der Waals surface area contributed by atoms with Crippen LogP contribution in [0, 0.1) is 0 Å². The van der Waals surface area contributed by atoms with Gasteiger partial charge in [-0.15, -0.1) is 0 Å². The third-order valence-electron chi connectivity index (χ3n) is 6.13. The molecule has 0 radical (unpaired) electrons. The second-order valence-electron chi connectivity index (χ2n) is 9.79. The summed E-state index contributed by atoms with van der Waals surface area (Å²) in [6.07, 6.45) is 34.3. The van der Waals surface area contributed by atoms with Crippen LogP contribution in [0.3, 0.4) is 0 Å². The minimum atomic E-state index is -6.09. The molecule has 222 valence electrons. The standard InChI is InChI=1S/C26H54NP2.CHF3O3S/c1-3-5-7-9-11-13-15-17-19-21-23-25-28-27-29-26-24-22-20-18-16-14-12-10-8-6-4-2;2-1(3,4)8(5,6)7/h3-26H2,1-2H3;(H,5,6,7)/q+1;/p-1. The molecule has 0 aromatic heterocycles. The molecule has 0 unspecified atom stereocenters. The van der Waals surface area contributed by atoms with Crippen molar-refractivity contribution in [3.63, 3.8) is 0 Å². The molecule has 0 aromatic carbocycles. The molecule has 0 spiro atoms. The van der Waals surface area contributed by atoms with Crippen molar-refractivity contribution in [2.75, 3.05) is 12.3 Å². The van der Waals surface area contributed by atoms with Crippen LogP contribution >= 0.6 is 16.7 Å². The van der Waals surface area contributed by atoms with Gasteiger partial charge in [-0.2, -0.15) is 13.2 Å². The van der Waals surface area contributed by atoms with E-state index in [1.807, 2.05) is 0 Å². The van der Waals surface area contributed by atoms with Gasteiger partial charge in [-0.1, -0.05) is 146 Å². The first kappa shape index (κ1) is 39.2. The van der Waals surface area contributed by atoms with Crippen LogP contribution in [0.15, 0.2) is 0 Å². The molecular weight excluding hydrogens is 537 g/mol. The van der Waals surface area contributed by atoms with Crippen LogP contribution in [0.4, 0.5) is 13.2 Å². The third-order valence-corrected chi connectivity index (χ3v) is 8.74. The molecule has 10 heteroatoms. The van der Waals surface area contributed by atoms with Crippen molar-refractivity contribution in [2.45, 2.75) is 161 Å². The fraction of sp³-hybridized carbons (Fsp3) is 1.00. The predicted octanol–water partition coefficient (Wildman–Crippen LogP) is 11.0. The van der Waals surface area contributed by atoms with Crippen LogP contribution in [-0.2, 0) is 10.1 Å². The summed E-state index contributed by atoms with van der Waals surface area (Å²) in [5.41, 5.74) is -5.65. The summed E-state index contributed by atoms with van der Waals surface area (Å²) in [4.78, 5) is 0. The molecule has 0 saturated heterocycles. The van der Waals surface area contributed by atoms with Crippen LogP contribution in [0.5, 0.6) is 0 Å². The molecule has 0 aromatic rings. The summed E-state index contributed by atoms with van der Waals surface area (Å²) in [6.45, 7) is 4.59. The number of unbranched alkanes of at least 4 members (excludes halogenated alkanes) is 20. The average molecular weight is 592 g/mol. The first-order valence-corrected chi connectivity index (χ1v) is 18.2. The number of alkyl halides is 3. The Kier molecular flexibility index (Phi) is 30.7. The van der Waals surface area contributed by atoms with Crippen molar-refractivity contribution in [1.82, 2.24) is 4.17 Å². The maximum absolute atomic E-state index is 10.7. The zero-order valence-corrected chi connectivity index (χ0v) is 26.2. The second-order valence-corrected chi connectivity index (χ2v) is 13.3. The molecule has 0 amide bonds. The molecule has 0 heterocycles. The average Bonchev–Trinajstić information content (AvgIpc) is 2.83. The largest absolute Gasteiger partial charge is 0.741 e. The van der Waals surface area contributed by atoms with Crippen molar-refractivity contribution < 1.29 is 26.1 Å². The van der Waals surface area contributed by atoms with Gasteiger partial charge in [0.05, 0.1) is 12.3 Å². The third kappa shape index (κ3) is 34.0. The van der Waals surface area contributed by atoms with Gasteiger partial charge in [0.25, 0.3) is 0 Å². The Morgan fingerprint density at radius 1 is 0.541 bits per heavy atom. The SMILES string of the molecule is CCCCCCCCCCCCCP=[N+]=PCCCCCCCCCCCCC.O=S(=O)([O-])C(F)(F)F. The van der Waals surface area contributed by atoms with Crippen molar-refractivity contribution in [2.24, 2.45) is 0 Å². The minimum Gasteiger partial charge on any atom is -0.741 e. The van der Waals surface area contributed by atoms with Gasteiger partial charge in [-0.05, 0) is 12.8 Å². The lowest BCUT2D eigenvalue weighted by Gasteiger charge is -2.08. The lowest BCUT2D eigenvalue weighted by Crippen LogP contribution is -2.21. The van der Waals surface area contributed by atoms with Gasteiger partial charge in [0.1, 0.15) is 0 Å². The van der Waals surface area contributed by atoms with Gasteiger partial charge < -0.3 is 4.55 Å². The zero-order chi connectivity index (χ0) is 28.1. The van der Waals surface area contributed by atoms with E-state index in [1.165, 1.54) is 170 Å².